The van der Waals surface area contributed by atoms with E-state index in [-0.39, 0.29) is 0 Å². The van der Waals surface area contributed by atoms with Crippen molar-refractivity contribution in [3.05, 3.63) is 6.42 Å². The molecule has 1 saturated heterocycles. The molecule has 0 amide bonds. The molecule has 1 aliphatic carbocycles. The Kier molecular flexibility index (Phi) is 1.71. The van der Waals surface area contributed by atoms with Crippen molar-refractivity contribution in [1.29, 1.82) is 0 Å². The van der Waals surface area contributed by atoms with Gasteiger partial charge in [-0.05, 0) is 19.3 Å². The van der Waals surface area contributed by atoms with Gasteiger partial charge in [0.05, 0.1) is 27.2 Å². The van der Waals surface area contributed by atoms with Gasteiger partial charge >= 0.3 is 0 Å². The van der Waals surface area contributed by atoms with E-state index in [1.165, 1.54) is 36.8 Å². The number of likely N-dealkylation sites (tertiary alicyclic amines) is 1. The molecule has 2 rings (SSSR count). The minimum Gasteiger partial charge on any atom is -0.328 e. The maximum atomic E-state index is 2.62. The second-order valence-electron chi connectivity index (χ2n) is 4.94. The van der Waals surface area contributed by atoms with Crippen molar-refractivity contribution in [1.82, 2.24) is 0 Å². The molecule has 1 aliphatic heterocycles. The first-order valence-electron chi connectivity index (χ1n) is 4.83. The van der Waals surface area contributed by atoms with Gasteiger partial charge in [0.15, 0.2) is 0 Å². The third-order valence-electron chi connectivity index (χ3n) is 3.15. The molecule has 11 heavy (non-hydrogen) atoms. The molecule has 2 unspecified atom stereocenters. The molecular formula is C10H19N+. The van der Waals surface area contributed by atoms with Crippen molar-refractivity contribution in [3.8, 4) is 0 Å². The minimum atomic E-state index is 0.942. The summed E-state index contributed by atoms with van der Waals surface area (Å²) in [6.07, 6.45) is 7.01. The summed E-state index contributed by atoms with van der Waals surface area (Å²) in [6, 6.07) is 0. The van der Waals surface area contributed by atoms with Crippen molar-refractivity contribution >= 4 is 0 Å². The molecule has 2 aliphatic rings. The first-order valence-corrected chi connectivity index (χ1v) is 4.83. The Morgan fingerprint density at radius 2 is 1.64 bits per heavy atom. The van der Waals surface area contributed by atoms with Gasteiger partial charge in [-0.2, -0.15) is 0 Å². The van der Waals surface area contributed by atoms with Crippen molar-refractivity contribution in [2.24, 2.45) is 11.8 Å². The molecule has 2 atom stereocenters. The van der Waals surface area contributed by atoms with Crippen LogP contribution >= 0.6 is 0 Å². The predicted molar refractivity (Wildman–Crippen MR) is 47.0 cm³/mol. The zero-order chi connectivity index (χ0) is 7.90. The molecule has 0 spiro atoms. The summed E-state index contributed by atoms with van der Waals surface area (Å²) in [5, 5.41) is 0. The third-order valence-corrected chi connectivity index (χ3v) is 3.15. The molecule has 0 aromatic carbocycles. The Hall–Kier alpha value is -0.0400. The largest absolute Gasteiger partial charge is 0.328 e. The second kappa shape index (κ2) is 2.48. The van der Waals surface area contributed by atoms with Crippen molar-refractivity contribution in [2.45, 2.75) is 19.3 Å². The van der Waals surface area contributed by atoms with Crippen molar-refractivity contribution < 1.29 is 4.48 Å². The fraction of sp³-hybridized carbons (Fsp3) is 0.900. The summed E-state index contributed by atoms with van der Waals surface area (Å²) in [7, 11) is 4.75. The zero-order valence-corrected chi connectivity index (χ0v) is 7.71. The summed E-state index contributed by atoms with van der Waals surface area (Å²) in [5.74, 6) is 1.88. The molecule has 1 nitrogen and oxygen atoms in total. The monoisotopic (exact) mass is 153 g/mol. The van der Waals surface area contributed by atoms with Crippen LogP contribution < -0.4 is 0 Å². The van der Waals surface area contributed by atoms with Crippen molar-refractivity contribution in [2.75, 3.05) is 27.2 Å². The fourth-order valence-corrected chi connectivity index (χ4v) is 2.87. The van der Waals surface area contributed by atoms with Crippen LogP contribution in [0.1, 0.15) is 19.3 Å². The van der Waals surface area contributed by atoms with Gasteiger partial charge in [-0.25, -0.2) is 0 Å². The SMILES string of the molecule is C[N+]1(C)CC2[CH]C(CCC2)C1. The van der Waals surface area contributed by atoms with E-state index in [1.54, 1.807) is 0 Å². The average Bonchev–Trinajstić information content (AvgIpc) is 1.82. The van der Waals surface area contributed by atoms with Gasteiger partial charge in [-0.1, -0.05) is 6.42 Å². The van der Waals surface area contributed by atoms with Crippen LogP contribution in [-0.2, 0) is 0 Å². The summed E-state index contributed by atoms with van der Waals surface area (Å²) in [5.41, 5.74) is 0. The summed E-state index contributed by atoms with van der Waals surface area (Å²) >= 11 is 0. The number of fused-ring (bicyclic) bond motifs is 2. The average molecular weight is 153 g/mol. The van der Waals surface area contributed by atoms with E-state index in [9.17, 15) is 0 Å². The summed E-state index contributed by atoms with van der Waals surface area (Å²) < 4.78 is 1.26. The van der Waals surface area contributed by atoms with E-state index < -0.39 is 0 Å². The number of piperidine rings is 1. The molecule has 0 N–H and O–H groups in total. The normalized spacial score (nSPS) is 42.0. The van der Waals surface area contributed by atoms with E-state index in [0.29, 0.717) is 0 Å². The van der Waals surface area contributed by atoms with Crippen LogP contribution in [0.3, 0.4) is 0 Å². The number of quaternary nitrogens is 1. The Morgan fingerprint density at radius 3 is 2.18 bits per heavy atom. The minimum absolute atomic E-state index is 0.942. The lowest BCUT2D eigenvalue weighted by Crippen LogP contribution is -2.52. The van der Waals surface area contributed by atoms with Crippen LogP contribution in [0.15, 0.2) is 0 Å². The Morgan fingerprint density at radius 1 is 1.09 bits per heavy atom. The lowest BCUT2D eigenvalue weighted by Gasteiger charge is -2.44. The molecule has 2 bridgehead atoms. The van der Waals surface area contributed by atoms with E-state index in [4.69, 9.17) is 0 Å². The van der Waals surface area contributed by atoms with Gasteiger partial charge < -0.3 is 4.48 Å². The van der Waals surface area contributed by atoms with Crippen LogP contribution in [0.25, 0.3) is 0 Å². The van der Waals surface area contributed by atoms with Crippen LogP contribution in [0.5, 0.6) is 0 Å². The van der Waals surface area contributed by atoms with Gasteiger partial charge in [0.1, 0.15) is 0 Å². The lowest BCUT2D eigenvalue weighted by molar-refractivity contribution is -0.901. The Bertz CT molecular complexity index is 137. The second-order valence-corrected chi connectivity index (χ2v) is 4.94. The molecule has 1 heterocycles. The molecule has 0 aromatic rings. The zero-order valence-electron chi connectivity index (χ0n) is 7.71. The molecule has 0 aromatic heterocycles. The van der Waals surface area contributed by atoms with Crippen LogP contribution in [0.2, 0.25) is 0 Å². The fourth-order valence-electron chi connectivity index (χ4n) is 2.87. The van der Waals surface area contributed by atoms with Crippen LogP contribution in [0, 0.1) is 18.3 Å². The highest BCUT2D eigenvalue weighted by Crippen LogP contribution is 2.35. The van der Waals surface area contributed by atoms with Crippen molar-refractivity contribution in [3.63, 3.8) is 0 Å². The van der Waals surface area contributed by atoms with Gasteiger partial charge in [0.25, 0.3) is 0 Å². The Labute approximate surface area is 70.0 Å². The topological polar surface area (TPSA) is 0 Å². The highest BCUT2D eigenvalue weighted by molar-refractivity contribution is 4.91. The maximum absolute atomic E-state index is 2.62. The molecular weight excluding hydrogens is 134 g/mol. The first kappa shape index (κ1) is 7.60. The van der Waals surface area contributed by atoms with E-state index in [1.807, 2.05) is 0 Å². The van der Waals surface area contributed by atoms with Gasteiger partial charge in [-0.3, -0.25) is 0 Å². The molecule has 1 heteroatoms. The van der Waals surface area contributed by atoms with Gasteiger partial charge in [0, 0.05) is 11.8 Å². The number of hydrogen-bond donors (Lipinski definition) is 0. The summed E-state index contributed by atoms with van der Waals surface area (Å²) in [6.45, 7) is 2.77. The first-order chi connectivity index (χ1) is 5.16. The number of rotatable bonds is 0. The predicted octanol–water partition coefficient (Wildman–Crippen LogP) is 1.70. The Balaban J connectivity index is 2.05. The van der Waals surface area contributed by atoms with Gasteiger partial charge in [0.2, 0.25) is 0 Å². The molecule has 63 valence electrons. The van der Waals surface area contributed by atoms with Gasteiger partial charge in [-0.15, -0.1) is 0 Å². The molecule has 1 saturated carbocycles. The number of hydrogen-bond acceptors (Lipinski definition) is 0. The molecule has 2 fully saturated rings. The maximum Gasteiger partial charge on any atom is 0.0814 e. The van der Waals surface area contributed by atoms with Crippen LogP contribution in [-0.4, -0.2) is 31.7 Å². The highest BCUT2D eigenvalue weighted by Gasteiger charge is 2.36. The quantitative estimate of drug-likeness (QED) is 0.465. The number of nitrogens with zero attached hydrogens (tertiary/aromatic N) is 1. The molecule has 1 radical (unpaired) electrons. The third kappa shape index (κ3) is 1.58. The smallest absolute Gasteiger partial charge is 0.0814 e. The van der Waals surface area contributed by atoms with E-state index >= 15 is 0 Å². The lowest BCUT2D eigenvalue weighted by atomic mass is 9.77. The van der Waals surface area contributed by atoms with E-state index in [0.717, 1.165) is 11.8 Å². The standard InChI is InChI=1S/C10H19N/c1-11(2)7-9-4-3-5-10(6-9)8-11/h6,9-10H,3-5,7-8H2,1-2H3/q+1. The highest BCUT2D eigenvalue weighted by atomic mass is 15.3. The van der Waals surface area contributed by atoms with Crippen LogP contribution in [0.4, 0.5) is 0 Å². The summed E-state index contributed by atoms with van der Waals surface area (Å²) in [4.78, 5) is 0. The van der Waals surface area contributed by atoms with E-state index in [2.05, 4.69) is 20.5 Å².